The highest BCUT2D eigenvalue weighted by Crippen LogP contribution is 2.37. The molecule has 2 atom stereocenters. The summed E-state index contributed by atoms with van der Waals surface area (Å²) >= 11 is 1.92. The van der Waals surface area contributed by atoms with E-state index in [2.05, 4.69) is 40.6 Å². The van der Waals surface area contributed by atoms with Crippen LogP contribution < -0.4 is 4.74 Å². The lowest BCUT2D eigenvalue weighted by Gasteiger charge is -2.29. The van der Waals surface area contributed by atoms with Gasteiger partial charge in [0, 0.05) is 23.9 Å². The fourth-order valence-corrected chi connectivity index (χ4v) is 5.13. The van der Waals surface area contributed by atoms with Gasteiger partial charge in [-0.3, -0.25) is 0 Å². The summed E-state index contributed by atoms with van der Waals surface area (Å²) in [6, 6.07) is 11.2. The summed E-state index contributed by atoms with van der Waals surface area (Å²) < 4.78 is 5.40. The van der Waals surface area contributed by atoms with Gasteiger partial charge in [-0.1, -0.05) is 12.1 Å². The molecule has 2 aliphatic rings. The molecule has 0 amide bonds. The zero-order valence-corrected chi connectivity index (χ0v) is 14.6. The van der Waals surface area contributed by atoms with Crippen LogP contribution in [-0.4, -0.2) is 31.6 Å². The number of ether oxygens (including phenoxy) is 1. The number of hydrogen-bond acceptors (Lipinski definition) is 3. The summed E-state index contributed by atoms with van der Waals surface area (Å²) in [5, 5.41) is 2.21. The molecule has 2 nitrogen and oxygen atoms in total. The first-order valence-corrected chi connectivity index (χ1v) is 9.64. The van der Waals surface area contributed by atoms with Gasteiger partial charge in [-0.15, -0.1) is 11.3 Å². The minimum Gasteiger partial charge on any atom is -0.497 e. The molecule has 0 bridgehead atoms. The monoisotopic (exact) mass is 327 g/mol. The Labute approximate surface area is 143 Å². The second-order valence-electron chi connectivity index (χ2n) is 6.91. The third-order valence-corrected chi connectivity index (χ3v) is 6.52. The molecule has 1 aliphatic heterocycles. The average Bonchev–Trinajstić information content (AvgIpc) is 3.26. The molecule has 0 spiro atoms. The molecule has 1 saturated heterocycles. The number of fused-ring (bicyclic) bond motifs is 1. The highest BCUT2D eigenvalue weighted by atomic mass is 32.1. The quantitative estimate of drug-likeness (QED) is 0.809. The SMILES string of the molecule is COc1ccc2c(c1)CCCC2CN1CCC(c2cccs2)C1. The zero-order chi connectivity index (χ0) is 15.6. The predicted molar refractivity (Wildman–Crippen MR) is 96.8 cm³/mol. The molecule has 2 unspecified atom stereocenters. The number of hydrogen-bond donors (Lipinski definition) is 0. The Bertz CT molecular complexity index is 652. The van der Waals surface area contributed by atoms with E-state index in [9.17, 15) is 0 Å². The Balaban J connectivity index is 1.44. The van der Waals surface area contributed by atoms with E-state index in [4.69, 9.17) is 4.74 Å². The van der Waals surface area contributed by atoms with Crippen molar-refractivity contribution in [3.8, 4) is 5.75 Å². The van der Waals surface area contributed by atoms with Gasteiger partial charge in [-0.25, -0.2) is 0 Å². The molecule has 0 saturated carbocycles. The van der Waals surface area contributed by atoms with Crippen LogP contribution in [-0.2, 0) is 6.42 Å². The smallest absolute Gasteiger partial charge is 0.119 e. The van der Waals surface area contributed by atoms with E-state index >= 15 is 0 Å². The molecule has 2 aromatic rings. The number of benzene rings is 1. The molecule has 1 fully saturated rings. The first-order valence-electron chi connectivity index (χ1n) is 8.76. The van der Waals surface area contributed by atoms with Crippen LogP contribution in [0.5, 0.6) is 5.75 Å². The number of thiophene rings is 1. The summed E-state index contributed by atoms with van der Waals surface area (Å²) in [6.07, 6.45) is 5.18. The lowest BCUT2D eigenvalue weighted by atomic mass is 9.82. The van der Waals surface area contributed by atoms with Gasteiger partial charge in [0.25, 0.3) is 0 Å². The van der Waals surface area contributed by atoms with Gasteiger partial charge in [0.2, 0.25) is 0 Å². The minimum atomic E-state index is 0.701. The molecule has 0 N–H and O–H groups in total. The maximum Gasteiger partial charge on any atom is 0.119 e. The molecule has 1 aliphatic carbocycles. The molecule has 0 radical (unpaired) electrons. The van der Waals surface area contributed by atoms with Gasteiger partial charge in [0.1, 0.15) is 5.75 Å². The van der Waals surface area contributed by atoms with Gasteiger partial charge >= 0.3 is 0 Å². The number of likely N-dealkylation sites (tertiary alicyclic amines) is 1. The van der Waals surface area contributed by atoms with E-state index in [1.165, 1.54) is 50.9 Å². The van der Waals surface area contributed by atoms with Crippen molar-refractivity contribution in [2.24, 2.45) is 0 Å². The molecular weight excluding hydrogens is 302 g/mol. The van der Waals surface area contributed by atoms with Crippen molar-refractivity contribution in [2.75, 3.05) is 26.7 Å². The Morgan fingerprint density at radius 2 is 2.22 bits per heavy atom. The van der Waals surface area contributed by atoms with E-state index in [0.717, 1.165) is 11.7 Å². The summed E-state index contributed by atoms with van der Waals surface area (Å²) in [6.45, 7) is 3.72. The summed E-state index contributed by atoms with van der Waals surface area (Å²) in [7, 11) is 1.76. The number of nitrogens with zero attached hydrogens (tertiary/aromatic N) is 1. The molecule has 1 aromatic heterocycles. The Kier molecular flexibility index (Phi) is 4.41. The van der Waals surface area contributed by atoms with Gasteiger partial charge in [0.15, 0.2) is 0 Å². The van der Waals surface area contributed by atoms with Crippen LogP contribution in [0.2, 0.25) is 0 Å². The second-order valence-corrected chi connectivity index (χ2v) is 7.89. The number of rotatable bonds is 4. The number of aryl methyl sites for hydroxylation is 1. The van der Waals surface area contributed by atoms with Crippen LogP contribution in [0.1, 0.15) is 47.1 Å². The van der Waals surface area contributed by atoms with Crippen molar-refractivity contribution in [3.05, 3.63) is 51.7 Å². The highest BCUT2D eigenvalue weighted by molar-refractivity contribution is 7.10. The van der Waals surface area contributed by atoms with Crippen molar-refractivity contribution in [1.82, 2.24) is 4.90 Å². The van der Waals surface area contributed by atoms with Crippen LogP contribution in [0, 0.1) is 0 Å². The Morgan fingerprint density at radius 1 is 1.26 bits per heavy atom. The normalized spacial score (nSPS) is 24.6. The maximum absolute atomic E-state index is 5.40. The maximum atomic E-state index is 5.40. The number of methoxy groups -OCH3 is 1. The van der Waals surface area contributed by atoms with E-state index in [0.29, 0.717) is 5.92 Å². The summed E-state index contributed by atoms with van der Waals surface area (Å²) in [4.78, 5) is 4.26. The lowest BCUT2D eigenvalue weighted by Crippen LogP contribution is -2.28. The topological polar surface area (TPSA) is 12.5 Å². The Hall–Kier alpha value is -1.32. The predicted octanol–water partition coefficient (Wildman–Crippen LogP) is 4.67. The van der Waals surface area contributed by atoms with Gasteiger partial charge in [-0.05, 0) is 72.9 Å². The van der Waals surface area contributed by atoms with E-state index in [-0.39, 0.29) is 0 Å². The molecule has 3 heteroatoms. The van der Waals surface area contributed by atoms with Crippen molar-refractivity contribution in [2.45, 2.75) is 37.5 Å². The molecule has 2 heterocycles. The largest absolute Gasteiger partial charge is 0.497 e. The molecule has 1 aromatic carbocycles. The highest BCUT2D eigenvalue weighted by Gasteiger charge is 2.28. The minimum absolute atomic E-state index is 0.701. The van der Waals surface area contributed by atoms with Crippen LogP contribution in [0.25, 0.3) is 0 Å². The fraction of sp³-hybridized carbons (Fsp3) is 0.500. The first-order chi connectivity index (χ1) is 11.3. The van der Waals surface area contributed by atoms with E-state index in [1.807, 2.05) is 11.3 Å². The van der Waals surface area contributed by atoms with Gasteiger partial charge in [-0.2, -0.15) is 0 Å². The lowest BCUT2D eigenvalue weighted by molar-refractivity contribution is 0.297. The van der Waals surface area contributed by atoms with Crippen LogP contribution in [0.15, 0.2) is 35.7 Å². The molecule has 23 heavy (non-hydrogen) atoms. The first kappa shape index (κ1) is 15.2. The van der Waals surface area contributed by atoms with Crippen molar-refractivity contribution < 1.29 is 4.74 Å². The Morgan fingerprint density at radius 3 is 3.04 bits per heavy atom. The summed E-state index contributed by atoms with van der Waals surface area (Å²) in [5.41, 5.74) is 3.08. The third-order valence-electron chi connectivity index (χ3n) is 5.49. The zero-order valence-electron chi connectivity index (χ0n) is 13.8. The standard InChI is InChI=1S/C20H25NOS/c1-22-18-7-8-19-15(12-18)4-2-5-16(19)13-21-10-9-17(14-21)20-6-3-11-23-20/h3,6-8,11-12,16-17H,2,4-5,9-10,13-14H2,1H3. The van der Waals surface area contributed by atoms with Crippen molar-refractivity contribution in [1.29, 1.82) is 0 Å². The molecule has 4 rings (SSSR count). The summed E-state index contributed by atoms with van der Waals surface area (Å²) in [5.74, 6) is 2.46. The van der Waals surface area contributed by atoms with E-state index < -0.39 is 0 Å². The van der Waals surface area contributed by atoms with Crippen LogP contribution >= 0.6 is 11.3 Å². The van der Waals surface area contributed by atoms with Crippen LogP contribution in [0.3, 0.4) is 0 Å². The third kappa shape index (κ3) is 3.17. The van der Waals surface area contributed by atoms with Crippen LogP contribution in [0.4, 0.5) is 0 Å². The second kappa shape index (κ2) is 6.66. The molecule has 122 valence electrons. The average molecular weight is 327 g/mol. The van der Waals surface area contributed by atoms with Gasteiger partial charge in [0.05, 0.1) is 7.11 Å². The fourth-order valence-electron chi connectivity index (χ4n) is 4.27. The van der Waals surface area contributed by atoms with Crippen molar-refractivity contribution >= 4 is 11.3 Å². The molecular formula is C20H25NOS. The van der Waals surface area contributed by atoms with Gasteiger partial charge < -0.3 is 9.64 Å². The van der Waals surface area contributed by atoms with Crippen molar-refractivity contribution in [3.63, 3.8) is 0 Å². The van der Waals surface area contributed by atoms with E-state index in [1.54, 1.807) is 17.6 Å².